The molecule has 0 saturated heterocycles. The van der Waals surface area contributed by atoms with Gasteiger partial charge in [-0.3, -0.25) is 4.79 Å². The maximum Gasteiger partial charge on any atom is 0.237 e. The lowest BCUT2D eigenvalue weighted by Crippen LogP contribution is -2.10. The average molecular weight is 288 g/mol. The minimum Gasteiger partial charge on any atom is -0.370 e. The molecule has 0 aliphatic heterocycles. The van der Waals surface area contributed by atoms with Crippen LogP contribution in [0.2, 0.25) is 0 Å². The van der Waals surface area contributed by atoms with Crippen LogP contribution in [0.1, 0.15) is 61.3 Å². The molecular formula is C16H20N2O3. The summed E-state index contributed by atoms with van der Waals surface area (Å²) in [6, 6.07) is 9.11. The van der Waals surface area contributed by atoms with Crippen molar-refractivity contribution in [3.63, 3.8) is 0 Å². The van der Waals surface area contributed by atoms with Crippen molar-refractivity contribution >= 4 is 5.78 Å². The summed E-state index contributed by atoms with van der Waals surface area (Å²) in [6.07, 6.45) is 0.569. The largest absolute Gasteiger partial charge is 0.370 e. The van der Waals surface area contributed by atoms with Gasteiger partial charge in [0.05, 0.1) is 5.92 Å². The Labute approximate surface area is 124 Å². The smallest absolute Gasteiger partial charge is 0.237 e. The molecule has 0 radical (unpaired) electrons. The number of Topliss-reactive ketones (excluding diaryl/α,β-unsaturated/α-hetero) is 1. The number of nitrogens with zero attached hydrogens (tertiary/aromatic N) is 2. The zero-order valence-corrected chi connectivity index (χ0v) is 12.6. The first kappa shape index (κ1) is 15.4. The molecule has 0 saturated carbocycles. The maximum absolute atomic E-state index is 12.4. The van der Waals surface area contributed by atoms with Crippen LogP contribution in [0, 0.1) is 0 Å². The van der Waals surface area contributed by atoms with Crippen molar-refractivity contribution in [2.24, 2.45) is 0 Å². The molecule has 1 aromatic heterocycles. The first-order valence-corrected chi connectivity index (χ1v) is 7.21. The molecule has 0 bridgehead atoms. The number of rotatable bonds is 7. The number of ketones is 1. The van der Waals surface area contributed by atoms with Crippen molar-refractivity contribution in [3.8, 4) is 0 Å². The summed E-state index contributed by atoms with van der Waals surface area (Å²) in [4.78, 5) is 16.7. The first-order valence-electron chi connectivity index (χ1n) is 7.21. The number of hydrogen-bond acceptors (Lipinski definition) is 5. The van der Waals surface area contributed by atoms with E-state index in [1.165, 1.54) is 0 Å². The van der Waals surface area contributed by atoms with Crippen molar-refractivity contribution in [3.05, 3.63) is 47.6 Å². The van der Waals surface area contributed by atoms with Gasteiger partial charge in [0.15, 0.2) is 5.78 Å². The summed E-state index contributed by atoms with van der Waals surface area (Å²) in [5.41, 5.74) is 0.640. The van der Waals surface area contributed by atoms with Crippen LogP contribution in [0.3, 0.4) is 0 Å². The van der Waals surface area contributed by atoms with E-state index in [0.717, 1.165) is 6.42 Å². The molecule has 0 aliphatic carbocycles. The lowest BCUT2D eigenvalue weighted by Gasteiger charge is -2.09. The molecule has 2 aromatic rings. The molecule has 0 spiro atoms. The fourth-order valence-corrected chi connectivity index (χ4v) is 2.09. The summed E-state index contributed by atoms with van der Waals surface area (Å²) in [6.45, 7) is 6.27. The molecule has 1 aromatic carbocycles. The Kier molecular flexibility index (Phi) is 5.22. The quantitative estimate of drug-likeness (QED) is 0.729. The van der Waals surface area contributed by atoms with Gasteiger partial charge >= 0.3 is 0 Å². The number of benzene rings is 1. The Bertz CT molecular complexity index is 580. The second-order valence-electron chi connectivity index (χ2n) is 4.80. The van der Waals surface area contributed by atoms with Crippen molar-refractivity contribution in [1.82, 2.24) is 10.1 Å². The highest BCUT2D eigenvalue weighted by molar-refractivity contribution is 6.00. The van der Waals surface area contributed by atoms with Gasteiger partial charge in [-0.25, -0.2) is 0 Å². The third-order valence-corrected chi connectivity index (χ3v) is 3.31. The van der Waals surface area contributed by atoms with E-state index in [1.807, 2.05) is 32.0 Å². The van der Waals surface area contributed by atoms with Gasteiger partial charge in [0.2, 0.25) is 11.7 Å². The average Bonchev–Trinajstić information content (AvgIpc) is 3.01. The lowest BCUT2D eigenvalue weighted by atomic mass is 9.99. The van der Waals surface area contributed by atoms with Crippen LogP contribution in [-0.4, -0.2) is 22.5 Å². The molecule has 0 fully saturated rings. The van der Waals surface area contributed by atoms with Gasteiger partial charge in [0.1, 0.15) is 6.10 Å². The molecule has 0 aliphatic rings. The van der Waals surface area contributed by atoms with Crippen LogP contribution >= 0.6 is 0 Å². The SMILES string of the molecule is CCOC(CC)c1noc(C(C)C(=O)c2ccccc2)n1. The van der Waals surface area contributed by atoms with Crippen molar-refractivity contribution in [1.29, 1.82) is 0 Å². The van der Waals surface area contributed by atoms with Crippen molar-refractivity contribution in [2.45, 2.75) is 39.2 Å². The molecular weight excluding hydrogens is 268 g/mol. The maximum atomic E-state index is 12.4. The van der Waals surface area contributed by atoms with Gasteiger partial charge in [-0.2, -0.15) is 4.98 Å². The predicted molar refractivity (Wildman–Crippen MR) is 78.1 cm³/mol. The zero-order chi connectivity index (χ0) is 15.2. The zero-order valence-electron chi connectivity index (χ0n) is 12.6. The van der Waals surface area contributed by atoms with Crippen LogP contribution in [0.15, 0.2) is 34.9 Å². The first-order chi connectivity index (χ1) is 10.2. The highest BCUT2D eigenvalue weighted by Gasteiger charge is 2.25. The minimum atomic E-state index is -0.465. The number of aromatic nitrogens is 2. The molecule has 5 nitrogen and oxygen atoms in total. The fourth-order valence-electron chi connectivity index (χ4n) is 2.09. The summed E-state index contributed by atoms with van der Waals surface area (Å²) >= 11 is 0. The summed E-state index contributed by atoms with van der Waals surface area (Å²) in [7, 11) is 0. The molecule has 2 rings (SSSR count). The van der Waals surface area contributed by atoms with E-state index in [2.05, 4.69) is 10.1 Å². The highest BCUT2D eigenvalue weighted by atomic mass is 16.5. The van der Waals surface area contributed by atoms with E-state index in [0.29, 0.717) is 23.9 Å². The third-order valence-electron chi connectivity index (χ3n) is 3.31. The predicted octanol–water partition coefficient (Wildman–Crippen LogP) is 3.54. The van der Waals surface area contributed by atoms with Crippen LogP contribution in [-0.2, 0) is 4.74 Å². The second-order valence-corrected chi connectivity index (χ2v) is 4.80. The summed E-state index contributed by atoms with van der Waals surface area (Å²) < 4.78 is 10.8. The van der Waals surface area contributed by atoms with Crippen LogP contribution in [0.5, 0.6) is 0 Å². The molecule has 112 valence electrons. The Balaban J connectivity index is 2.15. The van der Waals surface area contributed by atoms with Gasteiger partial charge in [0, 0.05) is 12.2 Å². The molecule has 0 N–H and O–H groups in total. The molecule has 1 heterocycles. The van der Waals surface area contributed by atoms with Gasteiger partial charge in [-0.15, -0.1) is 0 Å². The standard InChI is InChI=1S/C16H20N2O3/c1-4-13(20-5-2)15-17-16(21-18-15)11(3)14(19)12-9-7-6-8-10-12/h6-11,13H,4-5H2,1-3H3. The van der Waals surface area contributed by atoms with E-state index in [9.17, 15) is 4.79 Å². The van der Waals surface area contributed by atoms with Crippen LogP contribution in [0.25, 0.3) is 0 Å². The molecule has 0 amide bonds. The Hall–Kier alpha value is -2.01. The second kappa shape index (κ2) is 7.13. The van der Waals surface area contributed by atoms with E-state index < -0.39 is 5.92 Å². The normalized spacial score (nSPS) is 13.9. The van der Waals surface area contributed by atoms with Gasteiger partial charge in [-0.05, 0) is 20.3 Å². The topological polar surface area (TPSA) is 65.2 Å². The lowest BCUT2D eigenvalue weighted by molar-refractivity contribution is 0.0518. The molecule has 2 atom stereocenters. The summed E-state index contributed by atoms with van der Waals surface area (Å²) in [5, 5.41) is 3.94. The molecule has 21 heavy (non-hydrogen) atoms. The van der Waals surface area contributed by atoms with Gasteiger partial charge in [-0.1, -0.05) is 42.4 Å². The minimum absolute atomic E-state index is 0.0322. The summed E-state index contributed by atoms with van der Waals surface area (Å²) in [5.74, 6) is 0.335. The van der Waals surface area contributed by atoms with Gasteiger partial charge in [0.25, 0.3) is 0 Å². The van der Waals surface area contributed by atoms with Crippen molar-refractivity contribution in [2.75, 3.05) is 6.61 Å². The molecule has 2 unspecified atom stereocenters. The van der Waals surface area contributed by atoms with E-state index >= 15 is 0 Å². The number of ether oxygens (including phenoxy) is 1. The Morgan fingerprint density at radius 2 is 2.00 bits per heavy atom. The monoisotopic (exact) mass is 288 g/mol. The van der Waals surface area contributed by atoms with E-state index in [-0.39, 0.29) is 11.9 Å². The van der Waals surface area contributed by atoms with Gasteiger partial charge < -0.3 is 9.26 Å². The van der Waals surface area contributed by atoms with Crippen molar-refractivity contribution < 1.29 is 14.1 Å². The number of carbonyl (C=O) groups excluding carboxylic acids is 1. The Morgan fingerprint density at radius 1 is 1.29 bits per heavy atom. The van der Waals surface area contributed by atoms with E-state index in [4.69, 9.17) is 9.26 Å². The number of carbonyl (C=O) groups is 1. The number of hydrogen-bond donors (Lipinski definition) is 0. The Morgan fingerprint density at radius 3 is 2.62 bits per heavy atom. The molecule has 5 heteroatoms. The van der Waals surface area contributed by atoms with E-state index in [1.54, 1.807) is 19.1 Å². The van der Waals surface area contributed by atoms with Crippen LogP contribution < -0.4 is 0 Å². The third kappa shape index (κ3) is 3.55. The van der Waals surface area contributed by atoms with Crippen LogP contribution in [0.4, 0.5) is 0 Å². The highest BCUT2D eigenvalue weighted by Crippen LogP contribution is 2.23. The fraction of sp³-hybridized carbons (Fsp3) is 0.438.